The zero-order valence-corrected chi connectivity index (χ0v) is 20.3. The number of benzene rings is 2. The molecule has 8 heteroatoms. The fraction of sp³-hybridized carbons (Fsp3) is 0.393. The number of nitrogens with one attached hydrogen (secondary N) is 1. The third-order valence-corrected chi connectivity index (χ3v) is 9.00. The molecule has 4 amide bonds. The van der Waals surface area contributed by atoms with Crippen LogP contribution in [0.15, 0.2) is 42.0 Å². The van der Waals surface area contributed by atoms with Gasteiger partial charge in [-0.05, 0) is 97.1 Å². The van der Waals surface area contributed by atoms with Gasteiger partial charge in [-0.2, -0.15) is 0 Å². The zero-order chi connectivity index (χ0) is 24.6. The molecule has 0 unspecified atom stereocenters. The molecule has 2 aliphatic heterocycles. The minimum Gasteiger partial charge on any atom is -0.454 e. The number of nitrogens with zero attached hydrogens (tertiary/aromatic N) is 1. The molecule has 7 nitrogen and oxygen atoms in total. The molecule has 2 aromatic rings. The van der Waals surface area contributed by atoms with Crippen LogP contribution in [0.1, 0.15) is 49.7 Å². The first-order chi connectivity index (χ1) is 17.4. The van der Waals surface area contributed by atoms with E-state index in [1.165, 1.54) is 50.2 Å². The number of urea groups is 1. The molecule has 0 spiro atoms. The van der Waals surface area contributed by atoms with Gasteiger partial charge in [-0.3, -0.25) is 14.9 Å². The summed E-state index contributed by atoms with van der Waals surface area (Å²) in [6, 6.07) is 10.2. The smallest absolute Gasteiger partial charge is 0.335 e. The highest BCUT2D eigenvalue weighted by Crippen LogP contribution is 2.60. The van der Waals surface area contributed by atoms with Crippen molar-refractivity contribution in [2.24, 2.45) is 17.8 Å². The Morgan fingerprint density at radius 2 is 1.53 bits per heavy atom. The Bertz CT molecular complexity index is 1310. The zero-order valence-electron chi connectivity index (χ0n) is 19.6. The number of anilines is 1. The molecular weight excluding hydrogens is 480 g/mol. The van der Waals surface area contributed by atoms with Crippen molar-refractivity contribution < 1.29 is 23.9 Å². The van der Waals surface area contributed by atoms with Crippen molar-refractivity contribution >= 4 is 41.2 Å². The molecule has 0 radical (unpaired) electrons. The van der Waals surface area contributed by atoms with Crippen molar-refractivity contribution in [3.05, 3.63) is 58.1 Å². The van der Waals surface area contributed by atoms with Gasteiger partial charge in [0.05, 0.1) is 10.7 Å². The van der Waals surface area contributed by atoms with Gasteiger partial charge in [-0.25, -0.2) is 9.69 Å². The van der Waals surface area contributed by atoms with E-state index in [-0.39, 0.29) is 17.8 Å². The highest BCUT2D eigenvalue weighted by molar-refractivity contribution is 6.40. The monoisotopic (exact) mass is 504 g/mol. The van der Waals surface area contributed by atoms with E-state index in [2.05, 4.69) is 17.4 Å². The lowest BCUT2D eigenvalue weighted by Gasteiger charge is -2.57. The van der Waals surface area contributed by atoms with Crippen LogP contribution in [0.2, 0.25) is 5.02 Å². The molecule has 1 N–H and O–H groups in total. The van der Waals surface area contributed by atoms with Crippen molar-refractivity contribution in [2.75, 3.05) is 11.7 Å². The molecule has 2 aromatic carbocycles. The van der Waals surface area contributed by atoms with Crippen LogP contribution in [0.3, 0.4) is 0 Å². The van der Waals surface area contributed by atoms with Crippen LogP contribution < -0.4 is 19.7 Å². The lowest BCUT2D eigenvalue weighted by molar-refractivity contribution is -0.122. The van der Waals surface area contributed by atoms with E-state index in [4.69, 9.17) is 21.1 Å². The van der Waals surface area contributed by atoms with Crippen LogP contribution in [0.5, 0.6) is 11.5 Å². The summed E-state index contributed by atoms with van der Waals surface area (Å²) < 4.78 is 10.7. The van der Waals surface area contributed by atoms with Crippen LogP contribution in [-0.2, 0) is 15.0 Å². The van der Waals surface area contributed by atoms with Gasteiger partial charge < -0.3 is 9.47 Å². The Hall–Kier alpha value is -3.32. The van der Waals surface area contributed by atoms with Crippen LogP contribution in [0.4, 0.5) is 10.5 Å². The number of carbonyl (C=O) groups excluding carboxylic acids is 3. The second-order valence-corrected chi connectivity index (χ2v) is 11.3. The molecule has 4 saturated carbocycles. The third kappa shape index (κ3) is 3.36. The summed E-state index contributed by atoms with van der Waals surface area (Å²) in [5.74, 6) is 1.99. The Morgan fingerprint density at radius 3 is 2.17 bits per heavy atom. The molecule has 8 rings (SSSR count). The first-order valence-electron chi connectivity index (χ1n) is 12.5. The van der Waals surface area contributed by atoms with E-state index in [1.54, 1.807) is 12.1 Å². The fourth-order valence-corrected chi connectivity index (χ4v) is 7.73. The fourth-order valence-electron chi connectivity index (χ4n) is 7.52. The Balaban J connectivity index is 1.19. The van der Waals surface area contributed by atoms with Gasteiger partial charge in [-0.1, -0.05) is 23.7 Å². The minimum absolute atomic E-state index is 0.0760. The van der Waals surface area contributed by atoms with Crippen molar-refractivity contribution in [3.63, 3.8) is 0 Å². The van der Waals surface area contributed by atoms with E-state index >= 15 is 0 Å². The van der Waals surface area contributed by atoms with Gasteiger partial charge in [0.15, 0.2) is 11.5 Å². The predicted octanol–water partition coefficient (Wildman–Crippen LogP) is 5.20. The van der Waals surface area contributed by atoms with Crippen LogP contribution in [0, 0.1) is 17.8 Å². The molecule has 0 aromatic heterocycles. The van der Waals surface area contributed by atoms with Gasteiger partial charge in [0.25, 0.3) is 11.8 Å². The van der Waals surface area contributed by atoms with E-state index in [0.29, 0.717) is 27.8 Å². The predicted molar refractivity (Wildman–Crippen MR) is 133 cm³/mol. The Morgan fingerprint density at radius 1 is 0.917 bits per heavy atom. The number of barbiturate groups is 1. The van der Waals surface area contributed by atoms with Crippen molar-refractivity contribution in [2.45, 2.75) is 43.9 Å². The van der Waals surface area contributed by atoms with Gasteiger partial charge in [-0.15, -0.1) is 0 Å². The molecule has 4 aliphatic carbocycles. The maximum atomic E-state index is 13.4. The number of ether oxygens (including phenoxy) is 2. The maximum absolute atomic E-state index is 13.4. The maximum Gasteiger partial charge on any atom is 0.335 e. The van der Waals surface area contributed by atoms with Crippen molar-refractivity contribution in [1.29, 1.82) is 0 Å². The van der Waals surface area contributed by atoms with Gasteiger partial charge in [0.2, 0.25) is 6.79 Å². The molecule has 2 heterocycles. The van der Waals surface area contributed by atoms with E-state index in [9.17, 15) is 14.4 Å². The van der Waals surface area contributed by atoms with Crippen LogP contribution in [0.25, 0.3) is 6.08 Å². The molecule has 4 bridgehead atoms. The summed E-state index contributed by atoms with van der Waals surface area (Å²) in [4.78, 5) is 39.7. The minimum atomic E-state index is -0.764. The van der Waals surface area contributed by atoms with E-state index in [0.717, 1.165) is 22.7 Å². The largest absolute Gasteiger partial charge is 0.454 e. The average molecular weight is 505 g/mol. The first kappa shape index (κ1) is 21.9. The van der Waals surface area contributed by atoms with Crippen LogP contribution >= 0.6 is 11.6 Å². The number of halogens is 1. The number of carbonyl (C=O) groups is 3. The van der Waals surface area contributed by atoms with Crippen molar-refractivity contribution in [3.8, 4) is 11.5 Å². The standard InChI is InChI=1S/C28H25ClN2O5/c29-22-10-24-23(35-14-36-24)9-18(22)8-21-25(32)30-27(34)31(26(21)33)20-3-1-19(2-4-20)28-11-15-5-16(12-28)7-17(6-15)13-28/h1-4,8-10,15-17H,5-7,11-14H2,(H,30,32,34). The molecule has 36 heavy (non-hydrogen) atoms. The molecule has 184 valence electrons. The number of hydrogen-bond acceptors (Lipinski definition) is 5. The number of hydrogen-bond donors (Lipinski definition) is 1. The third-order valence-electron chi connectivity index (χ3n) is 8.67. The highest BCUT2D eigenvalue weighted by Gasteiger charge is 2.51. The van der Waals surface area contributed by atoms with E-state index in [1.807, 2.05) is 12.1 Å². The quantitative estimate of drug-likeness (QED) is 0.458. The topological polar surface area (TPSA) is 84.9 Å². The lowest BCUT2D eigenvalue weighted by atomic mass is 9.48. The molecule has 6 aliphatic rings. The van der Waals surface area contributed by atoms with Crippen molar-refractivity contribution in [1.82, 2.24) is 5.32 Å². The highest BCUT2D eigenvalue weighted by atomic mass is 35.5. The second-order valence-electron chi connectivity index (χ2n) is 10.9. The molecule has 5 fully saturated rings. The van der Waals surface area contributed by atoms with E-state index < -0.39 is 17.8 Å². The molecule has 0 atom stereocenters. The summed E-state index contributed by atoms with van der Waals surface area (Å²) in [5.41, 5.74) is 2.19. The SMILES string of the molecule is O=C1NC(=O)N(c2ccc(C34CC5CC(CC(C5)C3)C4)cc2)C(=O)C1=Cc1cc2c(cc1Cl)OCO2. The van der Waals surface area contributed by atoms with Gasteiger partial charge in [0.1, 0.15) is 5.57 Å². The number of rotatable bonds is 3. The molecular formula is C28H25ClN2O5. The lowest BCUT2D eigenvalue weighted by Crippen LogP contribution is -2.54. The normalized spacial score (nSPS) is 31.4. The Kier molecular flexibility index (Phi) is 4.77. The number of amides is 4. The first-order valence-corrected chi connectivity index (χ1v) is 12.9. The summed E-state index contributed by atoms with van der Waals surface area (Å²) >= 11 is 6.35. The summed E-state index contributed by atoms with van der Waals surface area (Å²) in [6.07, 6.45) is 9.20. The van der Waals surface area contributed by atoms with Gasteiger partial charge >= 0.3 is 6.03 Å². The van der Waals surface area contributed by atoms with Gasteiger partial charge in [0, 0.05) is 6.07 Å². The van der Waals surface area contributed by atoms with Crippen LogP contribution in [-0.4, -0.2) is 24.6 Å². The number of imide groups is 2. The summed E-state index contributed by atoms with van der Waals surface area (Å²) in [6.45, 7) is 0.0760. The second kappa shape index (κ2) is 7.84. The number of fused-ring (bicyclic) bond motifs is 1. The average Bonchev–Trinajstić information content (AvgIpc) is 3.28. The summed E-state index contributed by atoms with van der Waals surface area (Å²) in [5, 5.41) is 2.59. The molecule has 1 saturated heterocycles. The Labute approximate surface area is 213 Å². The summed E-state index contributed by atoms with van der Waals surface area (Å²) in [7, 11) is 0.